The van der Waals surface area contributed by atoms with Gasteiger partial charge in [-0.3, -0.25) is 19.6 Å². The van der Waals surface area contributed by atoms with Crippen molar-refractivity contribution in [2.75, 3.05) is 0 Å². The Morgan fingerprint density at radius 2 is 1.75 bits per heavy atom. The number of hydrogen-bond acceptors (Lipinski definition) is 5. The van der Waals surface area contributed by atoms with Crippen LogP contribution in [0.3, 0.4) is 0 Å². The molecular formula is C14H11ClN2O3. The van der Waals surface area contributed by atoms with Crippen molar-refractivity contribution < 1.29 is 14.3 Å². The third-order valence-corrected chi connectivity index (χ3v) is 2.91. The molecule has 0 aromatic carbocycles. The number of Topliss-reactive ketones (excluding diaryl/α,β-unsaturated/α-hetero) is 1. The third-order valence-electron chi connectivity index (χ3n) is 2.47. The summed E-state index contributed by atoms with van der Waals surface area (Å²) < 4.78 is 5.01. The van der Waals surface area contributed by atoms with Gasteiger partial charge in [-0.2, -0.15) is 0 Å². The molecule has 0 saturated heterocycles. The topological polar surface area (TPSA) is 69.2 Å². The Bertz CT molecular complexity index is 619. The van der Waals surface area contributed by atoms with Gasteiger partial charge < -0.3 is 4.74 Å². The van der Waals surface area contributed by atoms with Crippen molar-refractivity contribution in [3.05, 3.63) is 60.2 Å². The number of hydrogen-bond donors (Lipinski definition) is 0. The second-order valence-corrected chi connectivity index (χ2v) is 4.48. The lowest BCUT2D eigenvalue weighted by molar-refractivity contribution is -0.147. The zero-order valence-electron chi connectivity index (χ0n) is 10.6. The van der Waals surface area contributed by atoms with Crippen molar-refractivity contribution >= 4 is 23.4 Å². The molecule has 0 radical (unpaired) electrons. The van der Waals surface area contributed by atoms with E-state index in [1.165, 1.54) is 31.5 Å². The number of halogens is 1. The van der Waals surface area contributed by atoms with Crippen LogP contribution in [0.1, 0.15) is 23.1 Å². The van der Waals surface area contributed by atoms with Crippen LogP contribution in [0.4, 0.5) is 0 Å². The molecule has 0 bridgehead atoms. The van der Waals surface area contributed by atoms with Gasteiger partial charge in [-0.05, 0) is 24.3 Å². The average molecular weight is 291 g/mol. The molecule has 2 aromatic rings. The number of carbonyl (C=O) groups is 2. The predicted octanol–water partition coefficient (Wildman–Crippen LogP) is 2.31. The zero-order valence-corrected chi connectivity index (χ0v) is 11.4. The minimum Gasteiger partial charge on any atom is -0.429 e. The number of esters is 1. The van der Waals surface area contributed by atoms with Gasteiger partial charge in [0.2, 0.25) is 5.78 Å². The Morgan fingerprint density at radius 1 is 1.10 bits per heavy atom. The molecule has 0 aliphatic rings. The Balaban J connectivity index is 2.48. The van der Waals surface area contributed by atoms with Crippen LogP contribution in [-0.4, -0.2) is 21.7 Å². The Kier molecular flexibility index (Phi) is 4.10. The fraction of sp³-hybridized carbons (Fsp3) is 0.143. The van der Waals surface area contributed by atoms with Crippen LogP contribution < -0.4 is 0 Å². The van der Waals surface area contributed by atoms with Crippen molar-refractivity contribution in [3.8, 4) is 0 Å². The monoisotopic (exact) mass is 290 g/mol. The summed E-state index contributed by atoms with van der Waals surface area (Å²) in [5, 5.41) is -2.01. The molecule has 20 heavy (non-hydrogen) atoms. The number of nitrogens with zero attached hydrogens (tertiary/aromatic N) is 2. The quantitative estimate of drug-likeness (QED) is 0.491. The predicted molar refractivity (Wildman–Crippen MR) is 72.1 cm³/mol. The molecule has 0 fully saturated rings. The Labute approximate surface area is 120 Å². The normalized spacial score (nSPS) is 13.3. The van der Waals surface area contributed by atoms with Crippen molar-refractivity contribution in [1.82, 2.24) is 9.97 Å². The average Bonchev–Trinajstić information content (AvgIpc) is 2.47. The van der Waals surface area contributed by atoms with E-state index in [2.05, 4.69) is 9.97 Å². The van der Waals surface area contributed by atoms with Crippen LogP contribution in [-0.2, 0) is 14.6 Å². The van der Waals surface area contributed by atoms with Crippen LogP contribution >= 0.6 is 11.6 Å². The molecule has 0 saturated carbocycles. The van der Waals surface area contributed by atoms with E-state index in [1.54, 1.807) is 24.3 Å². The summed E-state index contributed by atoms with van der Waals surface area (Å²) in [5.41, 5.74) is 0.224. The maximum atomic E-state index is 12.5. The van der Waals surface area contributed by atoms with Gasteiger partial charge in [0.25, 0.3) is 5.06 Å². The van der Waals surface area contributed by atoms with E-state index in [1.807, 2.05) is 0 Å². The van der Waals surface area contributed by atoms with Crippen molar-refractivity contribution in [1.29, 1.82) is 0 Å². The summed E-state index contributed by atoms with van der Waals surface area (Å²) >= 11 is 6.25. The fourth-order valence-electron chi connectivity index (χ4n) is 1.63. The molecule has 5 nitrogen and oxygen atoms in total. The molecule has 0 amide bonds. The molecule has 0 aliphatic heterocycles. The molecule has 6 heteroatoms. The number of pyridine rings is 2. The van der Waals surface area contributed by atoms with Gasteiger partial charge in [0.15, 0.2) is 0 Å². The van der Waals surface area contributed by atoms with Gasteiger partial charge in [-0.25, -0.2) is 0 Å². The Hall–Kier alpha value is -2.27. The van der Waals surface area contributed by atoms with Crippen LogP contribution in [0, 0.1) is 0 Å². The molecule has 0 spiro atoms. The number of carbonyl (C=O) groups excluding carboxylic acids is 2. The first-order valence-electron chi connectivity index (χ1n) is 5.80. The lowest BCUT2D eigenvalue weighted by atomic mass is 10.1. The molecule has 1 atom stereocenters. The highest BCUT2D eigenvalue weighted by Crippen LogP contribution is 2.32. The second-order valence-electron chi connectivity index (χ2n) is 3.95. The van der Waals surface area contributed by atoms with Gasteiger partial charge >= 0.3 is 5.97 Å². The standard InChI is InChI=1S/C14H11ClN2O3/c1-10(18)20-14(15,12-7-3-5-9-17-12)13(19)11-6-2-4-8-16-11/h2-9H,1H3. The van der Waals surface area contributed by atoms with Crippen LogP contribution in [0.25, 0.3) is 0 Å². The van der Waals surface area contributed by atoms with Gasteiger partial charge in [0.05, 0.1) is 0 Å². The van der Waals surface area contributed by atoms with E-state index in [4.69, 9.17) is 16.3 Å². The molecule has 2 rings (SSSR count). The first-order chi connectivity index (χ1) is 9.54. The van der Waals surface area contributed by atoms with Crippen molar-refractivity contribution in [3.63, 3.8) is 0 Å². The highest BCUT2D eigenvalue weighted by molar-refractivity contribution is 6.36. The summed E-state index contributed by atoms with van der Waals surface area (Å²) in [5.74, 6) is -1.33. The second kappa shape index (κ2) is 5.79. The molecule has 2 heterocycles. The first-order valence-corrected chi connectivity index (χ1v) is 6.17. The number of ketones is 1. The maximum Gasteiger partial charge on any atom is 0.305 e. The van der Waals surface area contributed by atoms with Gasteiger partial charge in [-0.1, -0.05) is 23.7 Å². The largest absolute Gasteiger partial charge is 0.429 e. The molecule has 2 aromatic heterocycles. The molecule has 102 valence electrons. The van der Waals surface area contributed by atoms with Crippen LogP contribution in [0.15, 0.2) is 48.8 Å². The summed E-state index contributed by atoms with van der Waals surface area (Å²) in [6.07, 6.45) is 2.92. The van der Waals surface area contributed by atoms with Crippen molar-refractivity contribution in [2.45, 2.75) is 12.0 Å². The Morgan fingerprint density at radius 3 is 2.25 bits per heavy atom. The minimum absolute atomic E-state index is 0.0920. The number of rotatable bonds is 4. The lowest BCUT2D eigenvalue weighted by Crippen LogP contribution is -2.36. The van der Waals surface area contributed by atoms with Crippen molar-refractivity contribution in [2.24, 2.45) is 0 Å². The van der Waals surface area contributed by atoms with E-state index >= 15 is 0 Å². The molecule has 1 unspecified atom stereocenters. The SMILES string of the molecule is CC(=O)OC(Cl)(C(=O)c1ccccn1)c1ccccn1. The highest BCUT2D eigenvalue weighted by atomic mass is 35.5. The minimum atomic E-state index is -2.01. The number of alkyl halides is 1. The number of ether oxygens (including phenoxy) is 1. The smallest absolute Gasteiger partial charge is 0.305 e. The van der Waals surface area contributed by atoms with E-state index in [9.17, 15) is 9.59 Å². The molecule has 0 aliphatic carbocycles. The van der Waals surface area contributed by atoms with Gasteiger partial charge in [-0.15, -0.1) is 0 Å². The molecular weight excluding hydrogens is 280 g/mol. The number of aromatic nitrogens is 2. The zero-order chi connectivity index (χ0) is 14.6. The maximum absolute atomic E-state index is 12.5. The summed E-state index contributed by atoms with van der Waals surface area (Å²) in [4.78, 5) is 31.7. The lowest BCUT2D eigenvalue weighted by Gasteiger charge is -2.23. The first kappa shape index (κ1) is 14.1. The summed E-state index contributed by atoms with van der Waals surface area (Å²) in [6, 6.07) is 9.63. The van der Waals surface area contributed by atoms with Gasteiger partial charge in [0.1, 0.15) is 11.4 Å². The van der Waals surface area contributed by atoms with Crippen LogP contribution in [0.2, 0.25) is 0 Å². The summed E-state index contributed by atoms with van der Waals surface area (Å²) in [7, 11) is 0. The van der Waals surface area contributed by atoms with E-state index in [0.717, 1.165) is 0 Å². The highest BCUT2D eigenvalue weighted by Gasteiger charge is 2.44. The van der Waals surface area contributed by atoms with E-state index < -0.39 is 16.8 Å². The molecule has 0 N–H and O–H groups in total. The van der Waals surface area contributed by atoms with E-state index in [0.29, 0.717) is 0 Å². The third kappa shape index (κ3) is 2.83. The van der Waals surface area contributed by atoms with Crippen LogP contribution in [0.5, 0.6) is 0 Å². The fourth-order valence-corrected chi connectivity index (χ4v) is 1.95. The van der Waals surface area contributed by atoms with E-state index in [-0.39, 0.29) is 11.4 Å². The van der Waals surface area contributed by atoms with Gasteiger partial charge in [0, 0.05) is 19.3 Å². The summed E-state index contributed by atoms with van der Waals surface area (Å²) in [6.45, 7) is 1.17.